The molecule has 1 aromatic heterocycles. The number of amides is 1. The Morgan fingerprint density at radius 2 is 2.45 bits per heavy atom. The lowest BCUT2D eigenvalue weighted by molar-refractivity contribution is -0.130. The Hall–Kier alpha value is -1.65. The summed E-state index contributed by atoms with van der Waals surface area (Å²) in [5.74, 6) is 0.565. The first kappa shape index (κ1) is 13.3. The third-order valence-corrected chi connectivity index (χ3v) is 4.54. The van der Waals surface area contributed by atoms with E-state index in [0.29, 0.717) is 24.8 Å². The van der Waals surface area contributed by atoms with E-state index in [4.69, 9.17) is 4.52 Å². The lowest BCUT2D eigenvalue weighted by atomic mass is 10.1. The number of aryl methyl sites for hydroxylation is 1. The van der Waals surface area contributed by atoms with Gasteiger partial charge in [-0.1, -0.05) is 18.7 Å². The molecule has 0 aliphatic heterocycles. The second-order valence-electron chi connectivity index (χ2n) is 5.71. The zero-order chi connectivity index (χ0) is 14.3. The fourth-order valence-corrected chi connectivity index (χ4v) is 3.41. The summed E-state index contributed by atoms with van der Waals surface area (Å²) in [5.41, 5.74) is 1.69. The number of halogens is 1. The monoisotopic (exact) mass is 278 g/mol. The van der Waals surface area contributed by atoms with Crippen LogP contribution in [0, 0.1) is 11.8 Å². The van der Waals surface area contributed by atoms with Crippen LogP contribution in [-0.2, 0) is 17.8 Å². The van der Waals surface area contributed by atoms with E-state index in [0.717, 1.165) is 24.1 Å². The molecular formula is C15H19FN2O2. The van der Waals surface area contributed by atoms with Gasteiger partial charge in [-0.05, 0) is 37.2 Å². The van der Waals surface area contributed by atoms with Crippen LogP contribution in [0.15, 0.2) is 23.4 Å². The topological polar surface area (TPSA) is 46.3 Å². The highest BCUT2D eigenvalue weighted by atomic mass is 19.1. The van der Waals surface area contributed by atoms with E-state index in [1.54, 1.807) is 11.2 Å². The molecule has 2 saturated carbocycles. The molecule has 2 fully saturated rings. The van der Waals surface area contributed by atoms with Crippen molar-refractivity contribution in [2.24, 2.45) is 11.8 Å². The maximum atomic E-state index is 14.2. The Labute approximate surface area is 117 Å². The minimum Gasteiger partial charge on any atom is -0.364 e. The van der Waals surface area contributed by atoms with Gasteiger partial charge in [0.15, 0.2) is 0 Å². The fourth-order valence-electron chi connectivity index (χ4n) is 3.41. The fraction of sp³-hybridized carbons (Fsp3) is 0.600. The van der Waals surface area contributed by atoms with Crippen LogP contribution in [0.25, 0.3) is 0 Å². The maximum absolute atomic E-state index is 14.2. The first-order valence-electron chi connectivity index (χ1n) is 7.15. The number of aromatic nitrogens is 1. The molecule has 3 rings (SSSR count). The average molecular weight is 278 g/mol. The van der Waals surface area contributed by atoms with Crippen molar-refractivity contribution in [1.29, 1.82) is 0 Å². The Morgan fingerprint density at radius 3 is 3.05 bits per heavy atom. The van der Waals surface area contributed by atoms with Crippen molar-refractivity contribution in [2.45, 2.75) is 44.9 Å². The quantitative estimate of drug-likeness (QED) is 0.777. The van der Waals surface area contributed by atoms with E-state index >= 15 is 0 Å². The van der Waals surface area contributed by atoms with Gasteiger partial charge in [-0.25, -0.2) is 4.39 Å². The third-order valence-electron chi connectivity index (χ3n) is 4.54. The molecule has 0 N–H and O–H groups in total. The molecule has 5 heteroatoms. The molecule has 1 aromatic rings. The lowest BCUT2D eigenvalue weighted by Crippen LogP contribution is -2.44. The molecule has 4 unspecified atom stereocenters. The Kier molecular flexibility index (Phi) is 3.36. The molecule has 4 nitrogen and oxygen atoms in total. The summed E-state index contributed by atoms with van der Waals surface area (Å²) in [6.45, 7) is 5.87. The summed E-state index contributed by atoms with van der Waals surface area (Å²) in [6.07, 6.45) is 4.25. The van der Waals surface area contributed by atoms with Crippen molar-refractivity contribution >= 4 is 5.91 Å². The molecule has 2 aliphatic rings. The van der Waals surface area contributed by atoms with Crippen molar-refractivity contribution in [3.63, 3.8) is 0 Å². The van der Waals surface area contributed by atoms with E-state index in [1.807, 2.05) is 6.92 Å². The molecule has 0 aromatic carbocycles. The summed E-state index contributed by atoms with van der Waals surface area (Å²) >= 11 is 0. The summed E-state index contributed by atoms with van der Waals surface area (Å²) in [4.78, 5) is 13.7. The highest BCUT2D eigenvalue weighted by Gasteiger charge is 2.56. The van der Waals surface area contributed by atoms with Crippen molar-refractivity contribution in [2.75, 3.05) is 0 Å². The molecule has 0 spiro atoms. The smallest absolute Gasteiger partial charge is 0.246 e. The zero-order valence-electron chi connectivity index (χ0n) is 11.6. The van der Waals surface area contributed by atoms with Crippen LogP contribution in [0.2, 0.25) is 0 Å². The van der Waals surface area contributed by atoms with Gasteiger partial charge in [0, 0.05) is 5.56 Å². The molecule has 0 radical (unpaired) electrons. The van der Waals surface area contributed by atoms with Crippen molar-refractivity contribution < 1.29 is 13.7 Å². The minimum absolute atomic E-state index is 0.214. The highest BCUT2D eigenvalue weighted by Crippen LogP contribution is 2.54. The number of fused-ring (bicyclic) bond motifs is 1. The van der Waals surface area contributed by atoms with Crippen LogP contribution >= 0.6 is 0 Å². The predicted molar refractivity (Wildman–Crippen MR) is 71.5 cm³/mol. The van der Waals surface area contributed by atoms with E-state index in [-0.39, 0.29) is 11.9 Å². The molecule has 4 atom stereocenters. The molecular weight excluding hydrogens is 259 g/mol. The average Bonchev–Trinajstić information content (AvgIpc) is 2.91. The van der Waals surface area contributed by atoms with Gasteiger partial charge in [0.05, 0.1) is 18.3 Å². The molecule has 20 heavy (non-hydrogen) atoms. The van der Waals surface area contributed by atoms with Gasteiger partial charge in [-0.2, -0.15) is 0 Å². The summed E-state index contributed by atoms with van der Waals surface area (Å²) in [6, 6.07) is -0.315. The second kappa shape index (κ2) is 5.04. The maximum Gasteiger partial charge on any atom is 0.246 e. The van der Waals surface area contributed by atoms with Gasteiger partial charge in [-0.15, -0.1) is 0 Å². The number of rotatable bonds is 5. The van der Waals surface area contributed by atoms with Gasteiger partial charge in [0.25, 0.3) is 0 Å². The Morgan fingerprint density at radius 1 is 1.65 bits per heavy atom. The number of hydrogen-bond donors (Lipinski definition) is 0. The van der Waals surface area contributed by atoms with Crippen LogP contribution in [-0.4, -0.2) is 28.2 Å². The van der Waals surface area contributed by atoms with Crippen molar-refractivity contribution in [3.8, 4) is 0 Å². The van der Waals surface area contributed by atoms with Gasteiger partial charge >= 0.3 is 0 Å². The standard InChI is InChI=1S/C15H19FN2O2/c1-3-13-10(8-20-17-13)7-18(14(19)4-2)15-11-5-9(11)6-12(15)16/h4,8-9,11-12,15H,2-3,5-7H2,1H3. The first-order valence-corrected chi connectivity index (χ1v) is 7.15. The Balaban J connectivity index is 1.83. The molecule has 1 heterocycles. The lowest BCUT2D eigenvalue weighted by Gasteiger charge is -2.30. The van der Waals surface area contributed by atoms with Gasteiger partial charge < -0.3 is 9.42 Å². The number of carbonyl (C=O) groups is 1. The van der Waals surface area contributed by atoms with Gasteiger partial charge in [0.1, 0.15) is 12.4 Å². The van der Waals surface area contributed by atoms with Crippen LogP contribution < -0.4 is 0 Å². The summed E-state index contributed by atoms with van der Waals surface area (Å²) < 4.78 is 19.1. The van der Waals surface area contributed by atoms with Crippen LogP contribution in [0.1, 0.15) is 31.0 Å². The zero-order valence-corrected chi connectivity index (χ0v) is 11.6. The van der Waals surface area contributed by atoms with Gasteiger partial charge in [0.2, 0.25) is 5.91 Å². The molecule has 0 saturated heterocycles. The van der Waals surface area contributed by atoms with E-state index in [9.17, 15) is 9.18 Å². The first-order chi connectivity index (χ1) is 9.65. The summed E-state index contributed by atoms with van der Waals surface area (Å²) in [7, 11) is 0. The molecule has 2 aliphatic carbocycles. The molecule has 0 bridgehead atoms. The number of carbonyl (C=O) groups excluding carboxylic acids is 1. The van der Waals surface area contributed by atoms with Crippen LogP contribution in [0.5, 0.6) is 0 Å². The number of nitrogens with zero attached hydrogens (tertiary/aromatic N) is 2. The van der Waals surface area contributed by atoms with Gasteiger partial charge in [-0.3, -0.25) is 4.79 Å². The third kappa shape index (κ3) is 2.15. The van der Waals surface area contributed by atoms with E-state index in [1.165, 1.54) is 6.08 Å². The number of hydrogen-bond acceptors (Lipinski definition) is 3. The molecule has 108 valence electrons. The molecule has 1 amide bonds. The predicted octanol–water partition coefficient (Wildman–Crippen LogP) is 2.50. The Bertz CT molecular complexity index is 526. The van der Waals surface area contributed by atoms with E-state index in [2.05, 4.69) is 11.7 Å². The SMILES string of the molecule is C=CC(=O)N(Cc1conc1CC)C1C(F)CC2CC21. The largest absolute Gasteiger partial charge is 0.364 e. The van der Waals surface area contributed by atoms with E-state index < -0.39 is 6.17 Å². The minimum atomic E-state index is -0.924. The normalized spacial score (nSPS) is 30.9. The van der Waals surface area contributed by atoms with Crippen LogP contribution in [0.4, 0.5) is 4.39 Å². The second-order valence-corrected chi connectivity index (χ2v) is 5.71. The number of alkyl halides is 1. The van der Waals surface area contributed by atoms with Crippen molar-refractivity contribution in [3.05, 3.63) is 30.2 Å². The summed E-state index contributed by atoms with van der Waals surface area (Å²) in [5, 5.41) is 3.92. The van der Waals surface area contributed by atoms with Crippen molar-refractivity contribution in [1.82, 2.24) is 10.1 Å². The van der Waals surface area contributed by atoms with Crippen LogP contribution in [0.3, 0.4) is 0 Å². The highest BCUT2D eigenvalue weighted by molar-refractivity contribution is 5.87.